The molecule has 0 amide bonds. The predicted molar refractivity (Wildman–Crippen MR) is 140 cm³/mol. The maximum atomic E-state index is 5.98. The molecule has 32 heavy (non-hydrogen) atoms. The summed E-state index contributed by atoms with van der Waals surface area (Å²) in [5.74, 6) is 0. The molecule has 0 atom stereocenters. The van der Waals surface area contributed by atoms with Crippen LogP contribution in [0.25, 0.3) is 11.1 Å². The number of fused-ring (bicyclic) bond motifs is 3. The van der Waals surface area contributed by atoms with Crippen molar-refractivity contribution in [2.45, 2.75) is 89.9 Å². The molecule has 4 heteroatoms. The van der Waals surface area contributed by atoms with Crippen molar-refractivity contribution in [1.82, 2.24) is 0 Å². The van der Waals surface area contributed by atoms with Gasteiger partial charge in [0, 0.05) is 23.1 Å². The second-order valence-corrected chi connectivity index (χ2v) is 10.5. The van der Waals surface area contributed by atoms with E-state index in [0.717, 1.165) is 19.6 Å². The molecule has 1 aliphatic carbocycles. The number of halogens is 1. The Kier molecular flexibility index (Phi) is 8.53. The van der Waals surface area contributed by atoms with Gasteiger partial charge in [-0.25, -0.2) is 0 Å². The number of benzene rings is 2. The van der Waals surface area contributed by atoms with Gasteiger partial charge in [-0.1, -0.05) is 105 Å². The summed E-state index contributed by atoms with van der Waals surface area (Å²) < 4.78 is 13.2. The fourth-order valence-electron chi connectivity index (χ4n) is 5.68. The SMILES string of the molecule is CCCCCCC1(CCCCCC)c2cc(Br)ccc2-c2ccc(B3OCCCO3)cc21. The molecule has 2 aliphatic rings. The minimum atomic E-state index is -0.220. The highest BCUT2D eigenvalue weighted by atomic mass is 79.9. The van der Waals surface area contributed by atoms with E-state index in [1.165, 1.54) is 96.4 Å². The van der Waals surface area contributed by atoms with Crippen LogP contribution in [0.2, 0.25) is 0 Å². The smallest absolute Gasteiger partial charge is 0.407 e. The standard InChI is InChI=1S/C28H38BBrO2/c1-3-5-7-9-16-28(17-10-8-6-4-2)26-20-22(29-31-18-11-19-32-29)12-14-24(26)25-15-13-23(30)21-27(25)28/h12-15,20-21H,3-11,16-19H2,1-2H3. The molecule has 0 N–H and O–H groups in total. The quantitative estimate of drug-likeness (QED) is 0.233. The van der Waals surface area contributed by atoms with E-state index in [1.807, 2.05) is 0 Å². The maximum Gasteiger partial charge on any atom is 0.493 e. The first-order valence-electron chi connectivity index (χ1n) is 12.9. The van der Waals surface area contributed by atoms with Gasteiger partial charge in [0.15, 0.2) is 0 Å². The summed E-state index contributed by atoms with van der Waals surface area (Å²) in [5, 5.41) is 0. The molecule has 2 aromatic carbocycles. The van der Waals surface area contributed by atoms with E-state index >= 15 is 0 Å². The van der Waals surface area contributed by atoms with E-state index < -0.39 is 0 Å². The average Bonchev–Trinajstić information content (AvgIpc) is 3.09. The lowest BCUT2D eigenvalue weighted by Gasteiger charge is -2.33. The van der Waals surface area contributed by atoms with E-state index in [9.17, 15) is 0 Å². The van der Waals surface area contributed by atoms with Gasteiger partial charge in [-0.2, -0.15) is 0 Å². The second-order valence-electron chi connectivity index (χ2n) is 9.63. The van der Waals surface area contributed by atoms with E-state index in [-0.39, 0.29) is 12.5 Å². The van der Waals surface area contributed by atoms with E-state index in [4.69, 9.17) is 9.31 Å². The highest BCUT2D eigenvalue weighted by Crippen LogP contribution is 2.54. The highest BCUT2D eigenvalue weighted by Gasteiger charge is 2.43. The second kappa shape index (κ2) is 11.4. The van der Waals surface area contributed by atoms with Gasteiger partial charge in [0.1, 0.15) is 0 Å². The topological polar surface area (TPSA) is 18.5 Å². The molecule has 2 aromatic rings. The van der Waals surface area contributed by atoms with E-state index in [0.29, 0.717) is 0 Å². The highest BCUT2D eigenvalue weighted by molar-refractivity contribution is 9.10. The molecular weight excluding hydrogens is 459 g/mol. The van der Waals surface area contributed by atoms with Gasteiger partial charge in [0.05, 0.1) is 0 Å². The molecule has 0 unspecified atom stereocenters. The van der Waals surface area contributed by atoms with Crippen molar-refractivity contribution in [3.05, 3.63) is 52.0 Å². The van der Waals surface area contributed by atoms with Crippen molar-refractivity contribution < 1.29 is 9.31 Å². The zero-order chi connectivity index (χ0) is 22.4. The largest absolute Gasteiger partial charge is 0.493 e. The molecule has 0 radical (unpaired) electrons. The Morgan fingerprint density at radius 1 is 0.781 bits per heavy atom. The third-order valence-electron chi connectivity index (χ3n) is 7.36. The van der Waals surface area contributed by atoms with Gasteiger partial charge in [-0.3, -0.25) is 0 Å². The van der Waals surface area contributed by atoms with Gasteiger partial charge >= 0.3 is 7.12 Å². The minimum Gasteiger partial charge on any atom is -0.407 e. The predicted octanol–water partition coefficient (Wildman–Crippen LogP) is 7.79. The number of hydrogen-bond donors (Lipinski definition) is 0. The van der Waals surface area contributed by atoms with Crippen molar-refractivity contribution in [2.75, 3.05) is 13.2 Å². The molecule has 1 fully saturated rings. The van der Waals surface area contributed by atoms with Crippen molar-refractivity contribution in [3.63, 3.8) is 0 Å². The third-order valence-corrected chi connectivity index (χ3v) is 7.85. The zero-order valence-corrected chi connectivity index (χ0v) is 21.5. The lowest BCUT2D eigenvalue weighted by molar-refractivity contribution is 0.143. The van der Waals surface area contributed by atoms with Gasteiger partial charge < -0.3 is 9.31 Å². The Hall–Kier alpha value is -1.10. The van der Waals surface area contributed by atoms with Gasteiger partial charge in [0.2, 0.25) is 0 Å². The zero-order valence-electron chi connectivity index (χ0n) is 19.9. The Balaban J connectivity index is 1.75. The van der Waals surface area contributed by atoms with Gasteiger partial charge in [-0.15, -0.1) is 0 Å². The Bertz CT molecular complexity index is 879. The van der Waals surface area contributed by atoms with E-state index in [2.05, 4.69) is 66.2 Å². The van der Waals surface area contributed by atoms with Crippen LogP contribution in [0.15, 0.2) is 40.9 Å². The first kappa shape index (κ1) is 24.0. The first-order chi connectivity index (χ1) is 15.7. The summed E-state index contributed by atoms with van der Waals surface area (Å²) >= 11 is 3.78. The summed E-state index contributed by atoms with van der Waals surface area (Å²) in [7, 11) is -0.220. The molecule has 0 saturated carbocycles. The van der Waals surface area contributed by atoms with Crippen molar-refractivity contribution >= 4 is 28.5 Å². The molecule has 0 spiro atoms. The van der Waals surface area contributed by atoms with Gasteiger partial charge in [-0.05, 0) is 59.1 Å². The first-order valence-corrected chi connectivity index (χ1v) is 13.7. The van der Waals surface area contributed by atoms with Crippen LogP contribution < -0.4 is 5.46 Å². The van der Waals surface area contributed by atoms with Crippen LogP contribution in [0.5, 0.6) is 0 Å². The third kappa shape index (κ3) is 5.03. The minimum absolute atomic E-state index is 0.0978. The molecule has 172 valence electrons. The summed E-state index contributed by atoms with van der Waals surface area (Å²) in [5.41, 5.74) is 7.15. The van der Waals surface area contributed by atoms with Crippen LogP contribution in [0.3, 0.4) is 0 Å². The molecule has 4 rings (SSSR count). The monoisotopic (exact) mass is 496 g/mol. The Morgan fingerprint density at radius 3 is 2.00 bits per heavy atom. The lowest BCUT2D eigenvalue weighted by atomic mass is 9.68. The normalized spacial score (nSPS) is 16.8. The molecule has 1 saturated heterocycles. The molecule has 1 heterocycles. The van der Waals surface area contributed by atoms with Crippen LogP contribution in [-0.4, -0.2) is 20.3 Å². The molecular formula is C28H38BBrO2. The molecule has 0 bridgehead atoms. The fraction of sp³-hybridized carbons (Fsp3) is 0.571. The maximum absolute atomic E-state index is 5.98. The summed E-state index contributed by atoms with van der Waals surface area (Å²) in [4.78, 5) is 0. The van der Waals surface area contributed by atoms with Crippen LogP contribution in [0.1, 0.15) is 95.6 Å². The van der Waals surface area contributed by atoms with Crippen LogP contribution >= 0.6 is 15.9 Å². The Morgan fingerprint density at radius 2 is 1.38 bits per heavy atom. The lowest BCUT2D eigenvalue weighted by Crippen LogP contribution is -2.41. The molecule has 0 aromatic heterocycles. The van der Waals surface area contributed by atoms with E-state index in [1.54, 1.807) is 0 Å². The molecule has 2 nitrogen and oxygen atoms in total. The summed E-state index contributed by atoms with van der Waals surface area (Å²) in [6, 6.07) is 13.9. The van der Waals surface area contributed by atoms with Crippen molar-refractivity contribution in [1.29, 1.82) is 0 Å². The number of unbranched alkanes of at least 4 members (excludes halogenated alkanes) is 6. The fourth-order valence-corrected chi connectivity index (χ4v) is 6.04. The van der Waals surface area contributed by atoms with Crippen LogP contribution in [0, 0.1) is 0 Å². The van der Waals surface area contributed by atoms with Gasteiger partial charge in [0.25, 0.3) is 0 Å². The van der Waals surface area contributed by atoms with Crippen LogP contribution in [-0.2, 0) is 14.7 Å². The van der Waals surface area contributed by atoms with Crippen molar-refractivity contribution in [2.24, 2.45) is 0 Å². The van der Waals surface area contributed by atoms with Crippen molar-refractivity contribution in [3.8, 4) is 11.1 Å². The number of rotatable bonds is 11. The average molecular weight is 497 g/mol. The molecule has 1 aliphatic heterocycles. The summed E-state index contributed by atoms with van der Waals surface area (Å²) in [6.45, 7) is 6.17. The number of hydrogen-bond acceptors (Lipinski definition) is 2. The Labute approximate surface area is 203 Å². The van der Waals surface area contributed by atoms with Crippen LogP contribution in [0.4, 0.5) is 0 Å². The summed E-state index contributed by atoms with van der Waals surface area (Å²) in [6.07, 6.45) is 13.9.